The van der Waals surface area contributed by atoms with Crippen molar-refractivity contribution in [2.45, 2.75) is 32.9 Å². The molecule has 0 aliphatic carbocycles. The van der Waals surface area contributed by atoms with Crippen molar-refractivity contribution in [1.29, 1.82) is 0 Å². The lowest BCUT2D eigenvalue weighted by Crippen LogP contribution is -2.48. The molecule has 0 unspecified atom stereocenters. The Labute approximate surface area is 121 Å². The van der Waals surface area contributed by atoms with Gasteiger partial charge in [-0.15, -0.1) is 0 Å². The lowest BCUT2D eigenvalue weighted by molar-refractivity contribution is 0.197. The van der Waals surface area contributed by atoms with Crippen LogP contribution in [-0.2, 0) is 13.0 Å². The summed E-state index contributed by atoms with van der Waals surface area (Å²) in [6, 6.07) is 2.10. The molecule has 1 aliphatic heterocycles. The van der Waals surface area contributed by atoms with Crippen molar-refractivity contribution in [1.82, 2.24) is 24.8 Å². The van der Waals surface area contributed by atoms with E-state index in [0.29, 0.717) is 11.0 Å². The maximum absolute atomic E-state index is 12.1. The maximum Gasteiger partial charge on any atom is 0.275 e. The SMILES string of the molecule is CCc1nn2c(=O)cc(CN3CCN[C@H](C)C3)nc2s1. The van der Waals surface area contributed by atoms with Crippen molar-refractivity contribution in [2.24, 2.45) is 0 Å². The Morgan fingerprint density at radius 1 is 1.55 bits per heavy atom. The van der Waals surface area contributed by atoms with Crippen LogP contribution in [0.5, 0.6) is 0 Å². The number of hydrogen-bond acceptors (Lipinski definition) is 6. The molecule has 1 atom stereocenters. The molecule has 1 saturated heterocycles. The van der Waals surface area contributed by atoms with Crippen LogP contribution in [0.3, 0.4) is 0 Å². The number of hydrogen-bond donors (Lipinski definition) is 1. The van der Waals surface area contributed by atoms with Gasteiger partial charge in [0, 0.05) is 38.3 Å². The van der Waals surface area contributed by atoms with Gasteiger partial charge in [-0.2, -0.15) is 9.61 Å². The monoisotopic (exact) mass is 293 g/mol. The zero-order valence-corrected chi connectivity index (χ0v) is 12.6. The predicted molar refractivity (Wildman–Crippen MR) is 79.3 cm³/mol. The van der Waals surface area contributed by atoms with Crippen LogP contribution in [0.2, 0.25) is 0 Å². The average molecular weight is 293 g/mol. The standard InChI is InChI=1S/C13H19N5OS/c1-3-11-16-18-12(19)6-10(15-13(18)20-11)8-17-5-4-14-9(2)7-17/h6,9,14H,3-5,7-8H2,1-2H3/t9-/m1/s1. The zero-order chi connectivity index (χ0) is 14.1. The molecule has 2 aromatic heterocycles. The number of aromatic nitrogens is 3. The summed E-state index contributed by atoms with van der Waals surface area (Å²) in [7, 11) is 0. The normalized spacial score (nSPS) is 20.6. The third kappa shape index (κ3) is 2.74. The minimum atomic E-state index is -0.0795. The minimum absolute atomic E-state index is 0.0795. The van der Waals surface area contributed by atoms with E-state index in [0.717, 1.165) is 43.3 Å². The predicted octanol–water partition coefficient (Wildman–Crippen LogP) is 0.507. The quantitative estimate of drug-likeness (QED) is 0.893. The zero-order valence-electron chi connectivity index (χ0n) is 11.8. The molecule has 3 heterocycles. The Kier molecular flexibility index (Phi) is 3.82. The van der Waals surface area contributed by atoms with Crippen LogP contribution >= 0.6 is 11.3 Å². The Morgan fingerprint density at radius 2 is 2.40 bits per heavy atom. The van der Waals surface area contributed by atoms with E-state index in [1.165, 1.54) is 15.9 Å². The summed E-state index contributed by atoms with van der Waals surface area (Å²) < 4.78 is 1.41. The van der Waals surface area contributed by atoms with E-state index in [2.05, 4.69) is 27.2 Å². The van der Waals surface area contributed by atoms with Gasteiger partial charge in [-0.25, -0.2) is 4.98 Å². The summed E-state index contributed by atoms with van der Waals surface area (Å²) in [6.45, 7) is 7.92. The summed E-state index contributed by atoms with van der Waals surface area (Å²) >= 11 is 1.50. The van der Waals surface area contributed by atoms with Crippen LogP contribution in [0.1, 0.15) is 24.5 Å². The van der Waals surface area contributed by atoms with Gasteiger partial charge in [0.25, 0.3) is 5.56 Å². The van der Waals surface area contributed by atoms with Crippen LogP contribution in [0.25, 0.3) is 4.96 Å². The molecule has 20 heavy (non-hydrogen) atoms. The van der Waals surface area contributed by atoms with E-state index in [1.54, 1.807) is 6.07 Å². The molecule has 1 aliphatic rings. The van der Waals surface area contributed by atoms with E-state index in [1.807, 2.05) is 6.92 Å². The van der Waals surface area contributed by atoms with E-state index < -0.39 is 0 Å². The molecular weight excluding hydrogens is 274 g/mol. The number of piperazine rings is 1. The first-order valence-corrected chi connectivity index (χ1v) is 7.81. The van der Waals surface area contributed by atoms with Gasteiger partial charge < -0.3 is 5.32 Å². The molecule has 108 valence electrons. The van der Waals surface area contributed by atoms with Crippen molar-refractivity contribution in [3.63, 3.8) is 0 Å². The molecule has 0 aromatic carbocycles. The van der Waals surface area contributed by atoms with E-state index >= 15 is 0 Å². The topological polar surface area (TPSA) is 62.5 Å². The summed E-state index contributed by atoms with van der Waals surface area (Å²) in [5, 5.41) is 8.63. The summed E-state index contributed by atoms with van der Waals surface area (Å²) in [5.74, 6) is 0. The minimum Gasteiger partial charge on any atom is -0.312 e. The second-order valence-electron chi connectivity index (χ2n) is 5.22. The highest BCUT2D eigenvalue weighted by Gasteiger charge is 2.17. The molecule has 0 spiro atoms. The molecule has 2 aromatic rings. The Balaban J connectivity index is 1.86. The van der Waals surface area contributed by atoms with Crippen molar-refractivity contribution < 1.29 is 0 Å². The van der Waals surface area contributed by atoms with Crippen LogP contribution in [0, 0.1) is 0 Å². The second kappa shape index (κ2) is 5.59. The van der Waals surface area contributed by atoms with Crippen molar-refractivity contribution in [2.75, 3.05) is 19.6 Å². The van der Waals surface area contributed by atoms with E-state index in [-0.39, 0.29) is 5.56 Å². The molecule has 0 amide bonds. The molecule has 3 rings (SSSR count). The maximum atomic E-state index is 12.1. The number of rotatable bonds is 3. The van der Waals surface area contributed by atoms with Crippen LogP contribution in [-0.4, -0.2) is 45.2 Å². The Hall–Kier alpha value is -1.31. The van der Waals surface area contributed by atoms with Crippen LogP contribution < -0.4 is 10.9 Å². The van der Waals surface area contributed by atoms with Gasteiger partial charge in [0.05, 0.1) is 5.69 Å². The first-order valence-electron chi connectivity index (χ1n) is 7.00. The third-order valence-electron chi connectivity index (χ3n) is 3.48. The number of nitrogens with one attached hydrogen (secondary N) is 1. The number of fused-ring (bicyclic) bond motifs is 1. The van der Waals surface area contributed by atoms with Gasteiger partial charge in [0.1, 0.15) is 5.01 Å². The molecular formula is C13H19N5OS. The fourth-order valence-electron chi connectivity index (χ4n) is 2.50. The number of nitrogens with zero attached hydrogens (tertiary/aromatic N) is 4. The first kappa shape index (κ1) is 13.7. The molecule has 6 nitrogen and oxygen atoms in total. The largest absolute Gasteiger partial charge is 0.312 e. The fraction of sp³-hybridized carbons (Fsp3) is 0.615. The molecule has 1 fully saturated rings. The van der Waals surface area contributed by atoms with E-state index in [4.69, 9.17) is 0 Å². The van der Waals surface area contributed by atoms with Gasteiger partial charge in [0.2, 0.25) is 4.96 Å². The smallest absolute Gasteiger partial charge is 0.275 e. The summed E-state index contributed by atoms with van der Waals surface area (Å²) in [5.41, 5.74) is 0.763. The van der Waals surface area contributed by atoms with Crippen molar-refractivity contribution in [3.05, 3.63) is 27.1 Å². The van der Waals surface area contributed by atoms with Gasteiger partial charge in [-0.1, -0.05) is 18.3 Å². The first-order chi connectivity index (χ1) is 9.65. The lowest BCUT2D eigenvalue weighted by atomic mass is 10.2. The fourth-order valence-corrected chi connectivity index (χ4v) is 3.36. The molecule has 1 N–H and O–H groups in total. The molecule has 0 radical (unpaired) electrons. The summed E-state index contributed by atoms with van der Waals surface area (Å²) in [4.78, 5) is 19.7. The van der Waals surface area contributed by atoms with Crippen LogP contribution in [0.4, 0.5) is 0 Å². The van der Waals surface area contributed by atoms with Crippen LogP contribution in [0.15, 0.2) is 10.9 Å². The highest BCUT2D eigenvalue weighted by molar-refractivity contribution is 7.16. The average Bonchev–Trinajstić information content (AvgIpc) is 2.82. The Morgan fingerprint density at radius 3 is 3.15 bits per heavy atom. The third-order valence-corrected chi connectivity index (χ3v) is 4.53. The van der Waals surface area contributed by atoms with Crippen molar-refractivity contribution >= 4 is 16.3 Å². The van der Waals surface area contributed by atoms with Gasteiger partial charge in [-0.3, -0.25) is 9.69 Å². The van der Waals surface area contributed by atoms with E-state index in [9.17, 15) is 4.79 Å². The van der Waals surface area contributed by atoms with Crippen molar-refractivity contribution in [3.8, 4) is 0 Å². The van der Waals surface area contributed by atoms with Gasteiger partial charge >= 0.3 is 0 Å². The lowest BCUT2D eigenvalue weighted by Gasteiger charge is -2.31. The second-order valence-corrected chi connectivity index (χ2v) is 6.26. The highest BCUT2D eigenvalue weighted by Crippen LogP contribution is 2.13. The number of aryl methyl sites for hydroxylation is 1. The molecule has 7 heteroatoms. The molecule has 0 bridgehead atoms. The molecule has 0 saturated carbocycles. The Bertz CT molecular complexity index is 664. The van der Waals surface area contributed by atoms with Gasteiger partial charge in [0.15, 0.2) is 0 Å². The highest BCUT2D eigenvalue weighted by atomic mass is 32.1. The van der Waals surface area contributed by atoms with Gasteiger partial charge in [-0.05, 0) is 13.3 Å². The summed E-state index contributed by atoms with van der Waals surface area (Å²) in [6.07, 6.45) is 0.831.